The van der Waals surface area contributed by atoms with Crippen molar-refractivity contribution >= 4 is 0 Å². The standard InChI is InChI=1S/C15H28N4O/c1-4-20-13-6-5-7-18(10-13)14(8-16)15-9-17-11-19(15)12(2)3/h9,11-14H,4-8,10,16H2,1-3H3. The molecule has 0 spiro atoms. The number of aromatic nitrogens is 2. The SMILES string of the molecule is CCOC1CCCN(C(CN)c2cncn2C(C)C)C1. The van der Waals surface area contributed by atoms with Crippen molar-refractivity contribution in [3.8, 4) is 0 Å². The van der Waals surface area contributed by atoms with E-state index in [1.54, 1.807) is 0 Å². The zero-order chi connectivity index (χ0) is 14.5. The van der Waals surface area contributed by atoms with Crippen molar-refractivity contribution in [3.63, 3.8) is 0 Å². The Morgan fingerprint density at radius 3 is 2.95 bits per heavy atom. The second kappa shape index (κ2) is 7.20. The molecule has 5 heteroatoms. The first-order chi connectivity index (χ1) is 9.67. The number of likely N-dealkylation sites (tertiary alicyclic amines) is 1. The van der Waals surface area contributed by atoms with Crippen molar-refractivity contribution in [2.24, 2.45) is 5.73 Å². The fourth-order valence-corrected chi connectivity index (χ4v) is 3.08. The highest BCUT2D eigenvalue weighted by molar-refractivity contribution is 5.08. The lowest BCUT2D eigenvalue weighted by atomic mass is 10.0. The minimum atomic E-state index is 0.239. The third kappa shape index (κ3) is 3.40. The van der Waals surface area contributed by atoms with E-state index in [4.69, 9.17) is 10.5 Å². The van der Waals surface area contributed by atoms with Crippen molar-refractivity contribution < 1.29 is 4.74 Å². The van der Waals surface area contributed by atoms with Gasteiger partial charge in [-0.3, -0.25) is 4.90 Å². The lowest BCUT2D eigenvalue weighted by molar-refractivity contribution is -0.00764. The van der Waals surface area contributed by atoms with Crippen LogP contribution < -0.4 is 5.73 Å². The van der Waals surface area contributed by atoms with E-state index < -0.39 is 0 Å². The van der Waals surface area contributed by atoms with Gasteiger partial charge in [0, 0.05) is 31.9 Å². The smallest absolute Gasteiger partial charge is 0.0951 e. The van der Waals surface area contributed by atoms with Crippen LogP contribution in [0.1, 0.15) is 51.4 Å². The average molecular weight is 280 g/mol. The van der Waals surface area contributed by atoms with Gasteiger partial charge < -0.3 is 15.0 Å². The van der Waals surface area contributed by atoms with Gasteiger partial charge in [-0.25, -0.2) is 4.98 Å². The van der Waals surface area contributed by atoms with E-state index in [1.165, 1.54) is 12.1 Å². The molecule has 5 nitrogen and oxygen atoms in total. The molecular weight excluding hydrogens is 252 g/mol. The summed E-state index contributed by atoms with van der Waals surface area (Å²) in [5.41, 5.74) is 7.28. The van der Waals surface area contributed by atoms with Gasteiger partial charge in [0.05, 0.1) is 24.2 Å². The molecule has 2 rings (SSSR count). The van der Waals surface area contributed by atoms with Crippen LogP contribution in [0.25, 0.3) is 0 Å². The minimum absolute atomic E-state index is 0.239. The van der Waals surface area contributed by atoms with Crippen molar-refractivity contribution in [1.82, 2.24) is 14.5 Å². The summed E-state index contributed by atoms with van der Waals surface area (Å²) in [5.74, 6) is 0. The number of nitrogens with two attached hydrogens (primary N) is 1. The first-order valence-corrected chi connectivity index (χ1v) is 7.74. The lowest BCUT2D eigenvalue weighted by Crippen LogP contribution is -2.44. The number of rotatable bonds is 6. The molecule has 1 aliphatic rings. The van der Waals surface area contributed by atoms with Crippen LogP contribution in [0.3, 0.4) is 0 Å². The molecule has 20 heavy (non-hydrogen) atoms. The van der Waals surface area contributed by atoms with Crippen LogP contribution in [0.4, 0.5) is 0 Å². The zero-order valence-electron chi connectivity index (χ0n) is 13.0. The Morgan fingerprint density at radius 1 is 1.50 bits per heavy atom. The first kappa shape index (κ1) is 15.5. The number of hydrogen-bond acceptors (Lipinski definition) is 4. The molecule has 1 saturated heterocycles. The molecule has 0 saturated carbocycles. The highest BCUT2D eigenvalue weighted by Gasteiger charge is 2.28. The third-order valence-corrected chi connectivity index (χ3v) is 4.07. The molecule has 1 aliphatic heterocycles. The molecule has 0 aromatic carbocycles. The van der Waals surface area contributed by atoms with Gasteiger partial charge in [0.1, 0.15) is 0 Å². The summed E-state index contributed by atoms with van der Waals surface area (Å²) in [6, 6.07) is 0.650. The van der Waals surface area contributed by atoms with Crippen LogP contribution in [0.5, 0.6) is 0 Å². The van der Waals surface area contributed by atoms with Gasteiger partial charge in [0.2, 0.25) is 0 Å². The summed E-state index contributed by atoms with van der Waals surface area (Å²) >= 11 is 0. The molecule has 0 bridgehead atoms. The third-order valence-electron chi connectivity index (χ3n) is 4.07. The summed E-state index contributed by atoms with van der Waals surface area (Å²) in [6.45, 7) is 9.89. The van der Waals surface area contributed by atoms with Gasteiger partial charge in [-0.2, -0.15) is 0 Å². The second-order valence-corrected chi connectivity index (χ2v) is 5.79. The van der Waals surface area contributed by atoms with E-state index >= 15 is 0 Å². The Morgan fingerprint density at radius 2 is 2.30 bits per heavy atom. The predicted octanol–water partition coefficient (Wildman–Crippen LogP) is 1.96. The van der Waals surface area contributed by atoms with Crippen LogP contribution in [0.15, 0.2) is 12.5 Å². The highest BCUT2D eigenvalue weighted by atomic mass is 16.5. The average Bonchev–Trinajstić information content (AvgIpc) is 2.90. The number of nitrogens with zero attached hydrogens (tertiary/aromatic N) is 3. The summed E-state index contributed by atoms with van der Waals surface area (Å²) < 4.78 is 8.02. The van der Waals surface area contributed by atoms with Crippen LogP contribution in [0, 0.1) is 0 Å². The zero-order valence-corrected chi connectivity index (χ0v) is 13.0. The van der Waals surface area contributed by atoms with E-state index in [0.717, 1.165) is 26.1 Å². The predicted molar refractivity (Wildman–Crippen MR) is 80.6 cm³/mol. The molecule has 1 aromatic heterocycles. The van der Waals surface area contributed by atoms with Gasteiger partial charge in [0.15, 0.2) is 0 Å². The molecule has 2 atom stereocenters. The maximum absolute atomic E-state index is 6.06. The molecular formula is C15H28N4O. The Labute approximate surface area is 122 Å². The lowest BCUT2D eigenvalue weighted by Gasteiger charge is -2.38. The molecule has 2 unspecified atom stereocenters. The van der Waals surface area contributed by atoms with E-state index in [1.807, 2.05) is 12.5 Å². The second-order valence-electron chi connectivity index (χ2n) is 5.79. The Hall–Kier alpha value is -0.910. The van der Waals surface area contributed by atoms with Gasteiger partial charge >= 0.3 is 0 Å². The first-order valence-electron chi connectivity index (χ1n) is 7.74. The number of piperidine rings is 1. The van der Waals surface area contributed by atoms with E-state index in [2.05, 4.69) is 35.2 Å². The van der Waals surface area contributed by atoms with Crippen LogP contribution in [0.2, 0.25) is 0 Å². The summed E-state index contributed by atoms with van der Waals surface area (Å²) in [7, 11) is 0. The van der Waals surface area contributed by atoms with Crippen LogP contribution in [-0.4, -0.2) is 46.8 Å². The molecule has 1 aromatic rings. The Balaban J connectivity index is 2.12. The van der Waals surface area contributed by atoms with E-state index in [9.17, 15) is 0 Å². The monoisotopic (exact) mass is 280 g/mol. The van der Waals surface area contributed by atoms with Crippen molar-refractivity contribution in [2.75, 3.05) is 26.2 Å². The van der Waals surface area contributed by atoms with Crippen molar-refractivity contribution in [2.45, 2.75) is 51.8 Å². The van der Waals surface area contributed by atoms with Gasteiger partial charge in [-0.15, -0.1) is 0 Å². The van der Waals surface area contributed by atoms with Gasteiger partial charge in [-0.05, 0) is 40.2 Å². The maximum Gasteiger partial charge on any atom is 0.0951 e. The largest absolute Gasteiger partial charge is 0.377 e. The number of ether oxygens (including phenoxy) is 1. The van der Waals surface area contributed by atoms with Crippen molar-refractivity contribution in [3.05, 3.63) is 18.2 Å². The number of hydrogen-bond donors (Lipinski definition) is 1. The molecule has 0 amide bonds. The summed E-state index contributed by atoms with van der Waals surface area (Å²) in [4.78, 5) is 6.77. The normalized spacial score (nSPS) is 22.4. The number of imidazole rings is 1. The fraction of sp³-hybridized carbons (Fsp3) is 0.800. The van der Waals surface area contributed by atoms with E-state index in [0.29, 0.717) is 18.7 Å². The Kier molecular flexibility index (Phi) is 5.57. The molecule has 1 fully saturated rings. The molecule has 114 valence electrons. The minimum Gasteiger partial charge on any atom is -0.377 e. The molecule has 2 N–H and O–H groups in total. The van der Waals surface area contributed by atoms with E-state index in [-0.39, 0.29) is 6.04 Å². The fourth-order valence-electron chi connectivity index (χ4n) is 3.08. The van der Waals surface area contributed by atoms with Crippen LogP contribution in [-0.2, 0) is 4.74 Å². The highest BCUT2D eigenvalue weighted by Crippen LogP contribution is 2.26. The molecule has 0 aliphatic carbocycles. The summed E-state index contributed by atoms with van der Waals surface area (Å²) in [5, 5.41) is 0. The van der Waals surface area contributed by atoms with Gasteiger partial charge in [-0.1, -0.05) is 0 Å². The van der Waals surface area contributed by atoms with Crippen molar-refractivity contribution in [1.29, 1.82) is 0 Å². The molecule has 2 heterocycles. The topological polar surface area (TPSA) is 56.3 Å². The maximum atomic E-state index is 6.06. The summed E-state index contributed by atoms with van der Waals surface area (Å²) in [6.07, 6.45) is 6.55. The quantitative estimate of drug-likeness (QED) is 0.865. The van der Waals surface area contributed by atoms with Crippen LogP contribution >= 0.6 is 0 Å². The van der Waals surface area contributed by atoms with Gasteiger partial charge in [0.25, 0.3) is 0 Å². The molecule has 0 radical (unpaired) electrons. The Bertz CT molecular complexity index is 402.